The summed E-state index contributed by atoms with van der Waals surface area (Å²) in [6.45, 7) is 0.485. The monoisotopic (exact) mass is 261 g/mol. The molecule has 0 bridgehead atoms. The first-order chi connectivity index (χ1) is 8.26. The van der Waals surface area contributed by atoms with Gasteiger partial charge in [-0.2, -0.15) is 0 Å². The predicted octanol–water partition coefficient (Wildman–Crippen LogP) is 2.72. The van der Waals surface area contributed by atoms with E-state index in [1.807, 2.05) is 0 Å². The SMILES string of the molecule is COCC(CCl)NC(=O)CCC1CCCCC1. The summed E-state index contributed by atoms with van der Waals surface area (Å²) in [4.78, 5) is 11.7. The molecule has 0 aromatic carbocycles. The number of ether oxygens (including phenoxy) is 1. The van der Waals surface area contributed by atoms with Gasteiger partial charge in [-0.3, -0.25) is 4.79 Å². The average Bonchev–Trinajstić information content (AvgIpc) is 2.37. The van der Waals surface area contributed by atoms with Crippen molar-refractivity contribution < 1.29 is 9.53 Å². The summed E-state index contributed by atoms with van der Waals surface area (Å²) in [7, 11) is 1.62. The molecule has 0 spiro atoms. The molecule has 0 aliphatic heterocycles. The van der Waals surface area contributed by atoms with Crippen molar-refractivity contribution in [3.8, 4) is 0 Å². The Labute approximate surface area is 109 Å². The van der Waals surface area contributed by atoms with Gasteiger partial charge in [-0.05, 0) is 12.3 Å². The van der Waals surface area contributed by atoms with Gasteiger partial charge in [0.2, 0.25) is 5.91 Å². The van der Waals surface area contributed by atoms with Crippen LogP contribution in [0.5, 0.6) is 0 Å². The zero-order valence-corrected chi connectivity index (χ0v) is 11.5. The molecule has 0 aromatic rings. The number of alkyl halides is 1. The molecule has 1 unspecified atom stereocenters. The average molecular weight is 262 g/mol. The molecule has 1 amide bonds. The van der Waals surface area contributed by atoms with Gasteiger partial charge in [-0.1, -0.05) is 32.1 Å². The van der Waals surface area contributed by atoms with Gasteiger partial charge in [0.25, 0.3) is 0 Å². The Morgan fingerprint density at radius 3 is 2.71 bits per heavy atom. The first-order valence-corrected chi connectivity index (χ1v) is 7.14. The van der Waals surface area contributed by atoms with Gasteiger partial charge in [-0.25, -0.2) is 0 Å². The largest absolute Gasteiger partial charge is 0.383 e. The van der Waals surface area contributed by atoms with Crippen LogP contribution in [0.25, 0.3) is 0 Å². The number of nitrogens with one attached hydrogen (secondary N) is 1. The van der Waals surface area contributed by atoms with E-state index in [1.165, 1.54) is 32.1 Å². The molecule has 17 heavy (non-hydrogen) atoms. The van der Waals surface area contributed by atoms with Crippen molar-refractivity contribution in [3.05, 3.63) is 0 Å². The van der Waals surface area contributed by atoms with Gasteiger partial charge in [0.1, 0.15) is 0 Å². The van der Waals surface area contributed by atoms with E-state index in [4.69, 9.17) is 16.3 Å². The van der Waals surface area contributed by atoms with Gasteiger partial charge < -0.3 is 10.1 Å². The molecule has 0 radical (unpaired) electrons. The summed E-state index contributed by atoms with van der Waals surface area (Å²) in [6, 6.07) is -0.0551. The van der Waals surface area contributed by atoms with Crippen molar-refractivity contribution >= 4 is 17.5 Å². The lowest BCUT2D eigenvalue weighted by Crippen LogP contribution is -2.39. The third-order valence-electron chi connectivity index (χ3n) is 3.42. The van der Waals surface area contributed by atoms with Gasteiger partial charge in [-0.15, -0.1) is 11.6 Å². The maximum absolute atomic E-state index is 11.7. The number of amides is 1. The minimum absolute atomic E-state index is 0.0551. The Balaban J connectivity index is 2.14. The molecular weight excluding hydrogens is 238 g/mol. The summed E-state index contributed by atoms with van der Waals surface area (Å²) in [5, 5.41) is 2.91. The van der Waals surface area contributed by atoms with Crippen LogP contribution in [0, 0.1) is 5.92 Å². The fourth-order valence-corrected chi connectivity index (χ4v) is 2.60. The van der Waals surface area contributed by atoms with Crippen LogP contribution in [0.15, 0.2) is 0 Å². The van der Waals surface area contributed by atoms with Crippen molar-refractivity contribution in [1.82, 2.24) is 5.32 Å². The molecule has 3 nitrogen and oxygen atoms in total. The first kappa shape index (κ1) is 14.8. The summed E-state index contributed by atoms with van der Waals surface area (Å²) in [6.07, 6.45) is 8.27. The summed E-state index contributed by atoms with van der Waals surface area (Å²) in [5.74, 6) is 1.27. The van der Waals surface area contributed by atoms with Crippen LogP contribution >= 0.6 is 11.6 Å². The smallest absolute Gasteiger partial charge is 0.220 e. The fraction of sp³-hybridized carbons (Fsp3) is 0.923. The lowest BCUT2D eigenvalue weighted by molar-refractivity contribution is -0.122. The molecule has 0 heterocycles. The Hall–Kier alpha value is -0.280. The summed E-state index contributed by atoms with van der Waals surface area (Å²) < 4.78 is 4.99. The molecule has 1 fully saturated rings. The summed E-state index contributed by atoms with van der Waals surface area (Å²) >= 11 is 5.74. The van der Waals surface area contributed by atoms with E-state index >= 15 is 0 Å². The van der Waals surface area contributed by atoms with E-state index in [9.17, 15) is 4.79 Å². The first-order valence-electron chi connectivity index (χ1n) is 6.60. The number of hydrogen-bond donors (Lipinski definition) is 1. The number of carbonyl (C=O) groups is 1. The van der Waals surface area contributed by atoms with E-state index in [1.54, 1.807) is 7.11 Å². The van der Waals surface area contributed by atoms with E-state index in [-0.39, 0.29) is 11.9 Å². The van der Waals surface area contributed by atoms with Crippen molar-refractivity contribution in [3.63, 3.8) is 0 Å². The molecule has 4 heteroatoms. The van der Waals surface area contributed by atoms with E-state index in [0.717, 1.165) is 12.3 Å². The van der Waals surface area contributed by atoms with E-state index in [2.05, 4.69) is 5.32 Å². The molecule has 1 rings (SSSR count). The third kappa shape index (κ3) is 6.27. The maximum atomic E-state index is 11.7. The highest BCUT2D eigenvalue weighted by Crippen LogP contribution is 2.27. The van der Waals surface area contributed by atoms with Gasteiger partial charge in [0, 0.05) is 19.4 Å². The normalized spacial score (nSPS) is 18.9. The zero-order valence-electron chi connectivity index (χ0n) is 10.7. The molecule has 1 N–H and O–H groups in total. The molecule has 100 valence electrons. The van der Waals surface area contributed by atoms with Crippen LogP contribution in [0.2, 0.25) is 0 Å². The maximum Gasteiger partial charge on any atom is 0.220 e. The Morgan fingerprint density at radius 2 is 2.12 bits per heavy atom. The number of hydrogen-bond acceptors (Lipinski definition) is 2. The Morgan fingerprint density at radius 1 is 1.41 bits per heavy atom. The lowest BCUT2D eigenvalue weighted by atomic mass is 9.86. The van der Waals surface area contributed by atoms with Gasteiger partial charge in [0.15, 0.2) is 0 Å². The molecular formula is C13H24ClNO2. The van der Waals surface area contributed by atoms with Crippen molar-refractivity contribution in [2.75, 3.05) is 19.6 Å². The van der Waals surface area contributed by atoms with Crippen molar-refractivity contribution in [2.45, 2.75) is 51.0 Å². The lowest BCUT2D eigenvalue weighted by Gasteiger charge is -2.21. The quantitative estimate of drug-likeness (QED) is 0.716. The van der Waals surface area contributed by atoms with Crippen molar-refractivity contribution in [1.29, 1.82) is 0 Å². The van der Waals surface area contributed by atoms with Gasteiger partial charge in [0.05, 0.1) is 12.6 Å². The second-order valence-electron chi connectivity index (χ2n) is 4.92. The molecule has 1 atom stereocenters. The highest BCUT2D eigenvalue weighted by molar-refractivity contribution is 6.18. The number of rotatable bonds is 7. The van der Waals surface area contributed by atoms with E-state index < -0.39 is 0 Å². The van der Waals surface area contributed by atoms with E-state index in [0.29, 0.717) is 18.9 Å². The van der Waals surface area contributed by atoms with Crippen LogP contribution in [-0.4, -0.2) is 31.5 Å². The standard InChI is InChI=1S/C13H24ClNO2/c1-17-10-12(9-14)15-13(16)8-7-11-5-3-2-4-6-11/h11-12H,2-10H2,1H3,(H,15,16). The van der Waals surface area contributed by atoms with Crippen LogP contribution in [0.3, 0.4) is 0 Å². The van der Waals surface area contributed by atoms with Crippen LogP contribution < -0.4 is 5.32 Å². The summed E-state index contributed by atoms with van der Waals surface area (Å²) in [5.41, 5.74) is 0. The third-order valence-corrected chi connectivity index (χ3v) is 3.80. The minimum Gasteiger partial charge on any atom is -0.383 e. The molecule has 1 aliphatic carbocycles. The number of methoxy groups -OCH3 is 1. The zero-order chi connectivity index (χ0) is 12.5. The van der Waals surface area contributed by atoms with Crippen molar-refractivity contribution in [2.24, 2.45) is 5.92 Å². The Kier molecular flexibility index (Phi) is 7.62. The second kappa shape index (κ2) is 8.76. The number of carbonyl (C=O) groups excluding carboxylic acids is 1. The molecule has 0 saturated heterocycles. The highest BCUT2D eigenvalue weighted by atomic mass is 35.5. The second-order valence-corrected chi connectivity index (χ2v) is 5.23. The minimum atomic E-state index is -0.0551. The van der Waals surface area contributed by atoms with Crippen LogP contribution in [0.1, 0.15) is 44.9 Å². The molecule has 1 saturated carbocycles. The highest BCUT2D eigenvalue weighted by Gasteiger charge is 2.16. The molecule has 1 aliphatic rings. The predicted molar refractivity (Wildman–Crippen MR) is 70.3 cm³/mol. The Bertz CT molecular complexity index is 217. The van der Waals surface area contributed by atoms with Crippen LogP contribution in [-0.2, 0) is 9.53 Å². The number of halogens is 1. The van der Waals surface area contributed by atoms with Gasteiger partial charge >= 0.3 is 0 Å². The molecule has 0 aromatic heterocycles. The fourth-order valence-electron chi connectivity index (χ4n) is 2.44. The van der Waals surface area contributed by atoms with Crippen LogP contribution in [0.4, 0.5) is 0 Å². The topological polar surface area (TPSA) is 38.3 Å².